The molecule has 1 N–H and O–H groups in total. The summed E-state index contributed by atoms with van der Waals surface area (Å²) in [5.74, 6) is 0. The lowest BCUT2D eigenvalue weighted by Gasteiger charge is -2.32. The van der Waals surface area contributed by atoms with Gasteiger partial charge in [0.1, 0.15) is 0 Å². The van der Waals surface area contributed by atoms with E-state index in [1.54, 1.807) is 0 Å². The summed E-state index contributed by atoms with van der Waals surface area (Å²) in [5.41, 5.74) is 0.498. The number of hydrogen-bond acceptors (Lipinski definition) is 1. The van der Waals surface area contributed by atoms with E-state index in [4.69, 9.17) is 0 Å². The maximum Gasteiger partial charge on any atom is 0.000517 e. The molecular weight excluding hydrogens is 110 g/mol. The Hall–Kier alpha value is -0.0400. The number of nitrogens with one attached hydrogen (secondary N) is 1. The fourth-order valence-electron chi connectivity index (χ4n) is 1.33. The van der Waals surface area contributed by atoms with Crippen LogP contribution in [0.15, 0.2) is 0 Å². The molecule has 1 radical (unpaired) electrons. The van der Waals surface area contributed by atoms with Gasteiger partial charge in [0.2, 0.25) is 0 Å². The van der Waals surface area contributed by atoms with Crippen LogP contribution in [0.25, 0.3) is 0 Å². The zero-order chi connectivity index (χ0) is 6.74. The van der Waals surface area contributed by atoms with Gasteiger partial charge in [-0.15, -0.1) is 0 Å². The van der Waals surface area contributed by atoms with E-state index in [1.807, 2.05) is 0 Å². The Labute approximate surface area is 57.8 Å². The SMILES string of the molecule is [CH2]C[C@@]1(C)CCCNC1. The van der Waals surface area contributed by atoms with E-state index in [-0.39, 0.29) is 0 Å². The van der Waals surface area contributed by atoms with Gasteiger partial charge in [-0.2, -0.15) is 0 Å². The summed E-state index contributed by atoms with van der Waals surface area (Å²) >= 11 is 0. The van der Waals surface area contributed by atoms with Crippen LogP contribution in [0.1, 0.15) is 26.2 Å². The van der Waals surface area contributed by atoms with Crippen molar-refractivity contribution in [2.24, 2.45) is 5.41 Å². The molecule has 0 aliphatic carbocycles. The lowest BCUT2D eigenvalue weighted by molar-refractivity contribution is 0.238. The van der Waals surface area contributed by atoms with Crippen LogP contribution in [0.4, 0.5) is 0 Å². The summed E-state index contributed by atoms with van der Waals surface area (Å²) in [6.45, 7) is 8.62. The van der Waals surface area contributed by atoms with Crippen LogP contribution in [0, 0.1) is 12.3 Å². The van der Waals surface area contributed by atoms with Crippen molar-refractivity contribution >= 4 is 0 Å². The number of hydrogen-bond donors (Lipinski definition) is 1. The Morgan fingerprint density at radius 2 is 2.44 bits per heavy atom. The second-order valence-corrected chi connectivity index (χ2v) is 3.34. The van der Waals surface area contributed by atoms with Gasteiger partial charge in [0.05, 0.1) is 0 Å². The van der Waals surface area contributed by atoms with Gasteiger partial charge in [0, 0.05) is 6.54 Å². The average molecular weight is 126 g/mol. The first-order valence-electron chi connectivity index (χ1n) is 3.77. The van der Waals surface area contributed by atoms with Crippen LogP contribution in [0.3, 0.4) is 0 Å². The third-order valence-electron chi connectivity index (χ3n) is 2.29. The summed E-state index contributed by atoms with van der Waals surface area (Å²) < 4.78 is 0. The Bertz CT molecular complexity index is 82.6. The Balaban J connectivity index is 2.37. The molecule has 0 bridgehead atoms. The van der Waals surface area contributed by atoms with Crippen LogP contribution in [-0.2, 0) is 0 Å². The molecule has 0 aromatic carbocycles. The lowest BCUT2D eigenvalue weighted by Crippen LogP contribution is -2.37. The Morgan fingerprint density at radius 3 is 2.78 bits per heavy atom. The van der Waals surface area contributed by atoms with E-state index in [0.717, 1.165) is 13.0 Å². The van der Waals surface area contributed by atoms with Crippen molar-refractivity contribution in [3.05, 3.63) is 6.92 Å². The van der Waals surface area contributed by atoms with Gasteiger partial charge in [-0.1, -0.05) is 13.8 Å². The minimum atomic E-state index is 0.498. The maximum atomic E-state index is 3.94. The quantitative estimate of drug-likeness (QED) is 0.562. The smallest absolute Gasteiger partial charge is 0.000517 e. The third kappa shape index (κ3) is 1.68. The van der Waals surface area contributed by atoms with Crippen molar-refractivity contribution in [2.75, 3.05) is 13.1 Å². The second kappa shape index (κ2) is 2.70. The molecule has 1 fully saturated rings. The lowest BCUT2D eigenvalue weighted by atomic mass is 9.81. The Kier molecular flexibility index (Phi) is 2.12. The largest absolute Gasteiger partial charge is 0.316 e. The molecule has 1 atom stereocenters. The monoisotopic (exact) mass is 126 g/mol. The highest BCUT2D eigenvalue weighted by atomic mass is 14.9. The molecule has 0 amide bonds. The highest BCUT2D eigenvalue weighted by molar-refractivity contribution is 4.81. The Morgan fingerprint density at radius 1 is 1.67 bits per heavy atom. The molecule has 0 aromatic rings. The molecule has 1 nitrogen and oxygen atoms in total. The van der Waals surface area contributed by atoms with Crippen LogP contribution < -0.4 is 5.32 Å². The van der Waals surface area contributed by atoms with E-state index < -0.39 is 0 Å². The van der Waals surface area contributed by atoms with Crippen molar-refractivity contribution < 1.29 is 0 Å². The van der Waals surface area contributed by atoms with Gasteiger partial charge in [-0.25, -0.2) is 0 Å². The van der Waals surface area contributed by atoms with Crippen molar-refractivity contribution in [2.45, 2.75) is 26.2 Å². The highest BCUT2D eigenvalue weighted by Crippen LogP contribution is 2.28. The molecular formula is C8H16N. The molecule has 0 unspecified atom stereocenters. The number of piperidine rings is 1. The van der Waals surface area contributed by atoms with Gasteiger partial charge in [0.15, 0.2) is 0 Å². The van der Waals surface area contributed by atoms with Gasteiger partial charge in [-0.05, 0) is 31.2 Å². The highest BCUT2D eigenvalue weighted by Gasteiger charge is 2.23. The topological polar surface area (TPSA) is 12.0 Å². The third-order valence-corrected chi connectivity index (χ3v) is 2.29. The molecule has 0 saturated carbocycles. The predicted molar refractivity (Wildman–Crippen MR) is 40.2 cm³/mol. The van der Waals surface area contributed by atoms with E-state index in [0.29, 0.717) is 5.41 Å². The first-order valence-corrected chi connectivity index (χ1v) is 3.77. The van der Waals surface area contributed by atoms with Crippen molar-refractivity contribution in [3.63, 3.8) is 0 Å². The summed E-state index contributed by atoms with van der Waals surface area (Å²) in [5, 5.41) is 3.39. The van der Waals surface area contributed by atoms with Gasteiger partial charge in [0.25, 0.3) is 0 Å². The van der Waals surface area contributed by atoms with Gasteiger partial charge >= 0.3 is 0 Å². The molecule has 1 aliphatic rings. The minimum absolute atomic E-state index is 0.498. The zero-order valence-corrected chi connectivity index (χ0v) is 6.24. The van der Waals surface area contributed by atoms with Crippen molar-refractivity contribution in [1.82, 2.24) is 5.32 Å². The molecule has 1 aliphatic heterocycles. The minimum Gasteiger partial charge on any atom is -0.316 e. The fraction of sp³-hybridized carbons (Fsp3) is 0.875. The normalized spacial score (nSPS) is 36.7. The average Bonchev–Trinajstić information content (AvgIpc) is 1.90. The van der Waals surface area contributed by atoms with Gasteiger partial charge in [-0.3, -0.25) is 0 Å². The molecule has 1 heteroatoms. The van der Waals surface area contributed by atoms with Gasteiger partial charge < -0.3 is 5.32 Å². The fourth-order valence-corrected chi connectivity index (χ4v) is 1.33. The molecule has 0 spiro atoms. The maximum absolute atomic E-state index is 3.94. The summed E-state index contributed by atoms with van der Waals surface area (Å²) in [6.07, 6.45) is 3.75. The van der Waals surface area contributed by atoms with Crippen LogP contribution in [0.2, 0.25) is 0 Å². The van der Waals surface area contributed by atoms with Crippen molar-refractivity contribution in [3.8, 4) is 0 Å². The molecule has 0 aromatic heterocycles. The van der Waals surface area contributed by atoms with Crippen LogP contribution >= 0.6 is 0 Å². The molecule has 1 rings (SSSR count). The number of rotatable bonds is 1. The summed E-state index contributed by atoms with van der Waals surface area (Å²) in [6, 6.07) is 0. The molecule has 9 heavy (non-hydrogen) atoms. The molecule has 1 heterocycles. The van der Waals surface area contributed by atoms with Crippen LogP contribution in [-0.4, -0.2) is 13.1 Å². The standard InChI is InChI=1S/C8H16N/c1-3-8(2)5-4-6-9-7-8/h9H,1,3-7H2,2H3/t8-/m0/s1. The van der Waals surface area contributed by atoms with Crippen molar-refractivity contribution in [1.29, 1.82) is 0 Å². The first kappa shape index (κ1) is 7.07. The molecule has 53 valence electrons. The zero-order valence-electron chi connectivity index (χ0n) is 6.24. The molecule has 1 saturated heterocycles. The van der Waals surface area contributed by atoms with E-state index in [1.165, 1.54) is 19.4 Å². The predicted octanol–water partition coefficient (Wildman–Crippen LogP) is 1.60. The first-order chi connectivity index (χ1) is 4.27. The second-order valence-electron chi connectivity index (χ2n) is 3.34. The van der Waals surface area contributed by atoms with Crippen LogP contribution in [0.5, 0.6) is 0 Å². The summed E-state index contributed by atoms with van der Waals surface area (Å²) in [7, 11) is 0. The van der Waals surface area contributed by atoms with E-state index in [9.17, 15) is 0 Å². The van der Waals surface area contributed by atoms with E-state index in [2.05, 4.69) is 19.2 Å². The summed E-state index contributed by atoms with van der Waals surface area (Å²) in [4.78, 5) is 0. The van der Waals surface area contributed by atoms with E-state index >= 15 is 0 Å².